The summed E-state index contributed by atoms with van der Waals surface area (Å²) in [6.45, 7) is 1.54. The molecule has 94 valence electrons. The molecule has 1 atom stereocenters. The first kappa shape index (κ1) is 13.9. The zero-order chi connectivity index (χ0) is 13.0. The van der Waals surface area contributed by atoms with E-state index in [4.69, 9.17) is 16.7 Å². The van der Waals surface area contributed by atoms with Crippen molar-refractivity contribution in [1.29, 1.82) is 0 Å². The molecule has 0 fully saturated rings. The number of rotatable bonds is 4. The van der Waals surface area contributed by atoms with Gasteiger partial charge in [0.05, 0.1) is 23.2 Å². The monoisotopic (exact) mass is 263 g/mol. The van der Waals surface area contributed by atoms with Crippen LogP contribution < -0.4 is 5.32 Å². The van der Waals surface area contributed by atoms with Gasteiger partial charge in [-0.1, -0.05) is 18.5 Å². The standard InChI is InChI=1S/C11H12ClF2NO2/c1-2-6(5-16)15-11(17)7-3-9(13)10(14)4-8(7)12/h3-4,6,16H,2,5H2,1H3,(H,15,17). The first-order chi connectivity index (χ1) is 7.99. The maximum atomic E-state index is 13.0. The first-order valence-corrected chi connectivity index (χ1v) is 5.43. The van der Waals surface area contributed by atoms with Gasteiger partial charge < -0.3 is 10.4 Å². The van der Waals surface area contributed by atoms with Gasteiger partial charge in [0, 0.05) is 0 Å². The number of carbonyl (C=O) groups excluding carboxylic acids is 1. The van der Waals surface area contributed by atoms with E-state index in [9.17, 15) is 13.6 Å². The molecule has 3 nitrogen and oxygen atoms in total. The molecule has 2 N–H and O–H groups in total. The highest BCUT2D eigenvalue weighted by Gasteiger charge is 2.17. The third-order valence-electron chi connectivity index (χ3n) is 2.30. The van der Waals surface area contributed by atoms with Crippen molar-refractivity contribution in [2.75, 3.05) is 6.61 Å². The van der Waals surface area contributed by atoms with E-state index in [1.807, 2.05) is 0 Å². The van der Waals surface area contributed by atoms with Crippen molar-refractivity contribution in [2.24, 2.45) is 0 Å². The summed E-state index contributed by atoms with van der Waals surface area (Å²) in [5, 5.41) is 11.2. The Bertz CT molecular complexity index is 422. The van der Waals surface area contributed by atoms with Crippen molar-refractivity contribution in [3.8, 4) is 0 Å². The third-order valence-corrected chi connectivity index (χ3v) is 2.62. The van der Waals surface area contributed by atoms with Crippen molar-refractivity contribution in [3.63, 3.8) is 0 Å². The van der Waals surface area contributed by atoms with Crippen LogP contribution in [0.15, 0.2) is 12.1 Å². The van der Waals surface area contributed by atoms with Crippen LogP contribution in [0.5, 0.6) is 0 Å². The van der Waals surface area contributed by atoms with E-state index in [1.165, 1.54) is 0 Å². The molecule has 17 heavy (non-hydrogen) atoms. The summed E-state index contributed by atoms with van der Waals surface area (Å²) in [4.78, 5) is 11.7. The molecule has 1 aromatic rings. The number of carbonyl (C=O) groups is 1. The van der Waals surface area contributed by atoms with Crippen LogP contribution in [0.25, 0.3) is 0 Å². The summed E-state index contributed by atoms with van der Waals surface area (Å²) in [5.41, 5.74) is -0.155. The number of halogens is 3. The second-order valence-electron chi connectivity index (χ2n) is 3.51. The van der Waals surface area contributed by atoms with Crippen LogP contribution >= 0.6 is 11.6 Å². The molecule has 0 spiro atoms. The fraction of sp³-hybridized carbons (Fsp3) is 0.364. The predicted octanol–water partition coefficient (Wildman–Crippen LogP) is 2.12. The molecule has 0 saturated heterocycles. The molecule has 0 radical (unpaired) electrons. The lowest BCUT2D eigenvalue weighted by molar-refractivity contribution is 0.0914. The maximum Gasteiger partial charge on any atom is 0.253 e. The Kier molecular flexibility index (Phi) is 4.84. The molecule has 6 heteroatoms. The van der Waals surface area contributed by atoms with Crippen LogP contribution in [0.4, 0.5) is 8.78 Å². The van der Waals surface area contributed by atoms with E-state index in [0.717, 1.165) is 12.1 Å². The van der Waals surface area contributed by atoms with Crippen LogP contribution in [0, 0.1) is 11.6 Å². The average Bonchev–Trinajstić information content (AvgIpc) is 2.30. The molecule has 1 rings (SSSR count). The van der Waals surface area contributed by atoms with Gasteiger partial charge in [0.15, 0.2) is 11.6 Å². The van der Waals surface area contributed by atoms with E-state index in [2.05, 4.69) is 5.32 Å². The molecule has 0 aliphatic heterocycles. The van der Waals surface area contributed by atoms with Crippen LogP contribution in [-0.4, -0.2) is 23.7 Å². The topological polar surface area (TPSA) is 49.3 Å². The summed E-state index contributed by atoms with van der Waals surface area (Å²) >= 11 is 5.64. The fourth-order valence-electron chi connectivity index (χ4n) is 1.24. The van der Waals surface area contributed by atoms with E-state index >= 15 is 0 Å². The van der Waals surface area contributed by atoms with E-state index in [0.29, 0.717) is 6.42 Å². The lowest BCUT2D eigenvalue weighted by Gasteiger charge is -2.14. The number of aliphatic hydroxyl groups is 1. The number of hydrogen-bond acceptors (Lipinski definition) is 2. The Morgan fingerprint density at radius 1 is 1.47 bits per heavy atom. The smallest absolute Gasteiger partial charge is 0.253 e. The summed E-state index contributed by atoms with van der Waals surface area (Å²) in [5.74, 6) is -2.90. The van der Waals surface area contributed by atoms with Crippen LogP contribution in [-0.2, 0) is 0 Å². The Labute approximate surface area is 102 Å². The van der Waals surface area contributed by atoms with E-state index < -0.39 is 23.6 Å². The Morgan fingerprint density at radius 2 is 2.06 bits per heavy atom. The molecule has 1 amide bonds. The van der Waals surface area contributed by atoms with Crippen LogP contribution in [0.1, 0.15) is 23.7 Å². The summed E-state index contributed by atoms with van der Waals surface area (Å²) < 4.78 is 25.7. The summed E-state index contributed by atoms with van der Waals surface area (Å²) in [6, 6.07) is 1.04. The molecule has 0 aliphatic carbocycles. The largest absolute Gasteiger partial charge is 0.394 e. The molecular formula is C11H12ClF2NO2. The molecule has 1 unspecified atom stereocenters. The van der Waals surface area contributed by atoms with Gasteiger partial charge in [-0.15, -0.1) is 0 Å². The molecule has 0 saturated carbocycles. The van der Waals surface area contributed by atoms with Gasteiger partial charge in [0.25, 0.3) is 5.91 Å². The number of aliphatic hydroxyl groups excluding tert-OH is 1. The number of nitrogens with one attached hydrogen (secondary N) is 1. The second-order valence-corrected chi connectivity index (χ2v) is 3.91. The normalized spacial score (nSPS) is 12.3. The lowest BCUT2D eigenvalue weighted by atomic mass is 10.1. The van der Waals surface area contributed by atoms with Crippen molar-refractivity contribution >= 4 is 17.5 Å². The number of benzene rings is 1. The van der Waals surface area contributed by atoms with Crippen molar-refractivity contribution in [1.82, 2.24) is 5.32 Å². The SMILES string of the molecule is CCC(CO)NC(=O)c1cc(F)c(F)cc1Cl. The molecule has 0 bridgehead atoms. The van der Waals surface area contributed by atoms with Crippen molar-refractivity contribution in [3.05, 3.63) is 34.4 Å². The lowest BCUT2D eigenvalue weighted by Crippen LogP contribution is -2.37. The van der Waals surface area contributed by atoms with Crippen LogP contribution in [0.2, 0.25) is 5.02 Å². The van der Waals surface area contributed by atoms with Gasteiger partial charge in [-0.2, -0.15) is 0 Å². The Hall–Kier alpha value is -1.20. The zero-order valence-electron chi connectivity index (χ0n) is 9.14. The predicted molar refractivity (Wildman–Crippen MR) is 60.0 cm³/mol. The average molecular weight is 264 g/mol. The van der Waals surface area contributed by atoms with Gasteiger partial charge in [0.2, 0.25) is 0 Å². The van der Waals surface area contributed by atoms with Crippen molar-refractivity contribution in [2.45, 2.75) is 19.4 Å². The van der Waals surface area contributed by atoms with E-state index in [1.54, 1.807) is 6.92 Å². The van der Waals surface area contributed by atoms with Gasteiger partial charge >= 0.3 is 0 Å². The highest BCUT2D eigenvalue weighted by Crippen LogP contribution is 2.20. The van der Waals surface area contributed by atoms with Crippen molar-refractivity contribution < 1.29 is 18.7 Å². The van der Waals surface area contributed by atoms with E-state index in [-0.39, 0.29) is 17.2 Å². The fourth-order valence-corrected chi connectivity index (χ4v) is 1.47. The number of amides is 1. The molecule has 1 aromatic carbocycles. The Balaban J connectivity index is 2.93. The number of hydrogen-bond donors (Lipinski definition) is 2. The zero-order valence-corrected chi connectivity index (χ0v) is 9.89. The van der Waals surface area contributed by atoms with Gasteiger partial charge in [-0.05, 0) is 18.6 Å². The molecular weight excluding hydrogens is 252 g/mol. The highest BCUT2D eigenvalue weighted by atomic mass is 35.5. The quantitative estimate of drug-likeness (QED) is 0.818. The Morgan fingerprint density at radius 3 is 2.59 bits per heavy atom. The second kappa shape index (κ2) is 5.93. The van der Waals surface area contributed by atoms with Gasteiger partial charge in [-0.25, -0.2) is 8.78 Å². The molecule has 0 heterocycles. The minimum Gasteiger partial charge on any atom is -0.394 e. The van der Waals surface area contributed by atoms with Crippen LogP contribution in [0.3, 0.4) is 0 Å². The summed E-state index contributed by atoms with van der Waals surface area (Å²) in [6.07, 6.45) is 0.517. The molecule has 0 aromatic heterocycles. The van der Waals surface area contributed by atoms with Gasteiger partial charge in [0.1, 0.15) is 0 Å². The minimum atomic E-state index is -1.14. The molecule has 0 aliphatic rings. The maximum absolute atomic E-state index is 13.0. The third kappa shape index (κ3) is 3.38. The summed E-state index contributed by atoms with van der Waals surface area (Å²) in [7, 11) is 0. The minimum absolute atomic E-state index is 0.155. The highest BCUT2D eigenvalue weighted by molar-refractivity contribution is 6.33. The first-order valence-electron chi connectivity index (χ1n) is 5.05. The van der Waals surface area contributed by atoms with Gasteiger partial charge in [-0.3, -0.25) is 4.79 Å².